The van der Waals surface area contributed by atoms with Crippen LogP contribution in [0.4, 0.5) is 30.4 Å². The number of hydrogen-bond donors (Lipinski definition) is 3. The summed E-state index contributed by atoms with van der Waals surface area (Å²) in [6, 6.07) is 2.48. The molecule has 2 heterocycles. The average Bonchev–Trinajstić information content (AvgIpc) is 2.41. The van der Waals surface area contributed by atoms with Gasteiger partial charge in [0.05, 0.1) is 22.6 Å². The van der Waals surface area contributed by atoms with Crippen molar-refractivity contribution in [1.82, 2.24) is 9.97 Å². The summed E-state index contributed by atoms with van der Waals surface area (Å²) in [6.45, 7) is 0. The molecule has 0 unspecified atom stereocenters. The van der Waals surface area contributed by atoms with Gasteiger partial charge >= 0.3 is 6.18 Å². The van der Waals surface area contributed by atoms with Gasteiger partial charge in [-0.15, -0.1) is 0 Å². The SMILES string of the molecule is CNc1cc(-c2cncc(C(F)(F)F)c2)nc(N)c1N. The Morgan fingerprint density at radius 1 is 1.15 bits per heavy atom. The minimum absolute atomic E-state index is 0.0456. The second-order valence-electron chi connectivity index (χ2n) is 4.06. The summed E-state index contributed by atoms with van der Waals surface area (Å²) < 4.78 is 38.0. The van der Waals surface area contributed by atoms with Crippen LogP contribution in [0.3, 0.4) is 0 Å². The zero-order valence-corrected chi connectivity index (χ0v) is 10.5. The van der Waals surface area contributed by atoms with Gasteiger partial charge in [-0.25, -0.2) is 4.98 Å². The molecule has 5 nitrogen and oxygen atoms in total. The van der Waals surface area contributed by atoms with E-state index in [1.807, 2.05) is 0 Å². The second kappa shape index (κ2) is 4.87. The van der Waals surface area contributed by atoms with Crippen molar-refractivity contribution in [1.29, 1.82) is 0 Å². The van der Waals surface area contributed by atoms with Gasteiger partial charge in [0, 0.05) is 25.0 Å². The van der Waals surface area contributed by atoms with E-state index >= 15 is 0 Å². The number of anilines is 3. The minimum atomic E-state index is -4.46. The highest BCUT2D eigenvalue weighted by molar-refractivity contribution is 5.80. The fourth-order valence-electron chi connectivity index (χ4n) is 1.66. The smallest absolute Gasteiger partial charge is 0.394 e. The van der Waals surface area contributed by atoms with Crippen molar-refractivity contribution in [2.45, 2.75) is 6.18 Å². The number of aromatic nitrogens is 2. The third-order valence-electron chi connectivity index (χ3n) is 2.72. The molecular weight excluding hydrogens is 271 g/mol. The van der Waals surface area contributed by atoms with Crippen LogP contribution in [0.2, 0.25) is 0 Å². The van der Waals surface area contributed by atoms with Crippen molar-refractivity contribution in [2.24, 2.45) is 0 Å². The Morgan fingerprint density at radius 3 is 2.45 bits per heavy atom. The molecule has 2 aromatic heterocycles. The summed E-state index contributed by atoms with van der Waals surface area (Å²) in [5.74, 6) is 0.0456. The van der Waals surface area contributed by atoms with E-state index in [1.54, 1.807) is 7.05 Å². The highest BCUT2D eigenvalue weighted by Crippen LogP contribution is 2.33. The molecule has 0 bridgehead atoms. The van der Waals surface area contributed by atoms with Crippen LogP contribution in [0.15, 0.2) is 24.5 Å². The van der Waals surface area contributed by atoms with Crippen molar-refractivity contribution in [3.8, 4) is 11.3 Å². The van der Waals surface area contributed by atoms with Crippen LogP contribution in [0.5, 0.6) is 0 Å². The van der Waals surface area contributed by atoms with Crippen LogP contribution in [-0.2, 0) is 6.18 Å². The maximum absolute atomic E-state index is 12.7. The van der Waals surface area contributed by atoms with E-state index in [-0.39, 0.29) is 22.8 Å². The molecule has 2 rings (SSSR count). The van der Waals surface area contributed by atoms with Crippen LogP contribution in [-0.4, -0.2) is 17.0 Å². The van der Waals surface area contributed by atoms with Gasteiger partial charge in [0.25, 0.3) is 0 Å². The van der Waals surface area contributed by atoms with Gasteiger partial charge in [-0.3, -0.25) is 4.98 Å². The van der Waals surface area contributed by atoms with Gasteiger partial charge in [-0.2, -0.15) is 13.2 Å². The molecule has 5 N–H and O–H groups in total. The molecule has 0 fully saturated rings. The monoisotopic (exact) mass is 283 g/mol. The van der Waals surface area contributed by atoms with E-state index in [2.05, 4.69) is 15.3 Å². The largest absolute Gasteiger partial charge is 0.417 e. The molecule has 0 saturated heterocycles. The van der Waals surface area contributed by atoms with E-state index in [0.29, 0.717) is 5.69 Å². The molecule has 0 aromatic carbocycles. The number of rotatable bonds is 2. The molecule has 0 aliphatic carbocycles. The van der Waals surface area contributed by atoms with Crippen molar-refractivity contribution < 1.29 is 13.2 Å². The van der Waals surface area contributed by atoms with Crippen LogP contribution in [0.1, 0.15) is 5.56 Å². The molecule has 0 saturated carbocycles. The Morgan fingerprint density at radius 2 is 1.85 bits per heavy atom. The lowest BCUT2D eigenvalue weighted by Crippen LogP contribution is -2.07. The van der Waals surface area contributed by atoms with Gasteiger partial charge in [-0.05, 0) is 12.1 Å². The Labute approximate surface area is 112 Å². The molecule has 0 atom stereocenters. The highest BCUT2D eigenvalue weighted by Gasteiger charge is 2.31. The number of nitrogens with one attached hydrogen (secondary N) is 1. The second-order valence-corrected chi connectivity index (χ2v) is 4.06. The van der Waals surface area contributed by atoms with E-state index in [1.165, 1.54) is 12.3 Å². The lowest BCUT2D eigenvalue weighted by atomic mass is 10.1. The quantitative estimate of drug-likeness (QED) is 0.787. The molecule has 0 radical (unpaired) electrons. The van der Waals surface area contributed by atoms with Gasteiger partial charge in [0.1, 0.15) is 5.82 Å². The van der Waals surface area contributed by atoms with Gasteiger partial charge in [0.15, 0.2) is 0 Å². The highest BCUT2D eigenvalue weighted by atomic mass is 19.4. The van der Waals surface area contributed by atoms with Crippen molar-refractivity contribution in [3.05, 3.63) is 30.1 Å². The van der Waals surface area contributed by atoms with Crippen LogP contribution in [0, 0.1) is 0 Å². The summed E-state index contributed by atoms with van der Waals surface area (Å²) in [5.41, 5.74) is 11.7. The van der Waals surface area contributed by atoms with Crippen molar-refractivity contribution in [3.63, 3.8) is 0 Å². The lowest BCUT2D eigenvalue weighted by molar-refractivity contribution is -0.137. The lowest BCUT2D eigenvalue weighted by Gasteiger charge is -2.11. The fraction of sp³-hybridized carbons (Fsp3) is 0.167. The number of nitrogens with two attached hydrogens (primary N) is 2. The molecule has 0 aliphatic rings. The topological polar surface area (TPSA) is 89.8 Å². The van der Waals surface area contributed by atoms with Gasteiger partial charge in [0.2, 0.25) is 0 Å². The number of halogens is 3. The third kappa shape index (κ3) is 2.58. The van der Waals surface area contributed by atoms with Gasteiger partial charge < -0.3 is 16.8 Å². The number of hydrogen-bond acceptors (Lipinski definition) is 5. The Bertz CT molecular complexity index is 639. The van der Waals surface area contributed by atoms with Crippen LogP contribution >= 0.6 is 0 Å². The van der Waals surface area contributed by atoms with E-state index in [9.17, 15) is 13.2 Å². The molecule has 2 aromatic rings. The zero-order chi connectivity index (χ0) is 14.9. The third-order valence-corrected chi connectivity index (χ3v) is 2.72. The molecule has 0 amide bonds. The maximum Gasteiger partial charge on any atom is 0.417 e. The first kappa shape index (κ1) is 13.9. The summed E-state index contributed by atoms with van der Waals surface area (Å²) in [5, 5.41) is 2.80. The van der Waals surface area contributed by atoms with Crippen molar-refractivity contribution >= 4 is 17.2 Å². The molecule has 0 aliphatic heterocycles. The number of nitrogen functional groups attached to an aromatic ring is 2. The Balaban J connectivity index is 2.55. The average molecular weight is 283 g/mol. The number of pyridine rings is 2. The predicted octanol–water partition coefficient (Wildman–Crippen LogP) is 2.37. The Kier molecular flexibility index (Phi) is 3.39. The molecule has 106 valence electrons. The predicted molar refractivity (Wildman–Crippen MR) is 70.8 cm³/mol. The fourth-order valence-corrected chi connectivity index (χ4v) is 1.66. The number of nitrogens with zero attached hydrogens (tertiary/aromatic N) is 2. The zero-order valence-electron chi connectivity index (χ0n) is 10.5. The van der Waals surface area contributed by atoms with Gasteiger partial charge in [-0.1, -0.05) is 0 Å². The first-order valence-corrected chi connectivity index (χ1v) is 5.59. The number of alkyl halides is 3. The first-order valence-electron chi connectivity index (χ1n) is 5.59. The van der Waals surface area contributed by atoms with Crippen LogP contribution < -0.4 is 16.8 Å². The summed E-state index contributed by atoms with van der Waals surface area (Å²) in [4.78, 5) is 7.56. The Hall–Kier alpha value is -2.51. The molecule has 8 heteroatoms. The van der Waals surface area contributed by atoms with E-state index in [4.69, 9.17) is 11.5 Å². The van der Waals surface area contributed by atoms with E-state index in [0.717, 1.165) is 12.3 Å². The molecule has 0 spiro atoms. The van der Waals surface area contributed by atoms with Crippen LogP contribution in [0.25, 0.3) is 11.3 Å². The molecular formula is C12H12F3N5. The minimum Gasteiger partial charge on any atom is -0.394 e. The summed E-state index contributed by atoms with van der Waals surface area (Å²) in [6.07, 6.45) is -2.43. The van der Waals surface area contributed by atoms with Crippen molar-refractivity contribution in [2.75, 3.05) is 23.8 Å². The standard InChI is InChI=1S/C12H12F3N5/c1-18-9-3-8(20-11(17)10(9)16)6-2-7(5-19-4-6)12(13,14)15/h2-5H,16H2,1H3,(H3,17,18,20). The molecule has 20 heavy (non-hydrogen) atoms. The van der Waals surface area contributed by atoms with E-state index < -0.39 is 11.7 Å². The summed E-state index contributed by atoms with van der Waals surface area (Å²) in [7, 11) is 1.62. The first-order chi connectivity index (χ1) is 9.32. The summed E-state index contributed by atoms with van der Waals surface area (Å²) >= 11 is 0. The normalized spacial score (nSPS) is 11.4. The maximum atomic E-state index is 12.7.